The van der Waals surface area contributed by atoms with Crippen LogP contribution >= 0.6 is 0 Å². The van der Waals surface area contributed by atoms with Gasteiger partial charge in [0.25, 0.3) is 0 Å². The molecular weight excluding hydrogens is 272 g/mol. The molecule has 0 unspecified atom stereocenters. The molecular formula is C15H24N2O4. The zero-order valence-electron chi connectivity index (χ0n) is 13.0. The first-order valence-electron chi connectivity index (χ1n) is 7.44. The number of carbonyl (C=O) groups is 1. The fourth-order valence-electron chi connectivity index (χ4n) is 2.74. The quantitative estimate of drug-likeness (QED) is 0.712. The molecule has 2 heterocycles. The first kappa shape index (κ1) is 16.0. The fourth-order valence-corrected chi connectivity index (χ4v) is 2.74. The van der Waals surface area contributed by atoms with Gasteiger partial charge in [-0.15, -0.1) is 0 Å². The SMILES string of the molecule is CCOCCC(=O)N1C[C@@H](Cc2cc(C)no2)[C@@H](OC)C1. The molecule has 0 radical (unpaired) electrons. The van der Waals surface area contributed by atoms with Crippen molar-refractivity contribution in [3.05, 3.63) is 17.5 Å². The van der Waals surface area contributed by atoms with Gasteiger partial charge in [-0.3, -0.25) is 4.79 Å². The Kier molecular flexibility index (Phi) is 5.76. The van der Waals surface area contributed by atoms with E-state index in [2.05, 4.69) is 5.16 Å². The van der Waals surface area contributed by atoms with Crippen molar-refractivity contribution in [1.29, 1.82) is 0 Å². The predicted octanol–water partition coefficient (Wildman–Crippen LogP) is 1.43. The van der Waals surface area contributed by atoms with Crippen LogP contribution in [0.3, 0.4) is 0 Å². The molecule has 0 bridgehead atoms. The monoisotopic (exact) mass is 296 g/mol. The van der Waals surface area contributed by atoms with E-state index in [4.69, 9.17) is 14.0 Å². The smallest absolute Gasteiger partial charge is 0.224 e. The third kappa shape index (κ3) is 4.28. The van der Waals surface area contributed by atoms with Gasteiger partial charge < -0.3 is 18.9 Å². The van der Waals surface area contributed by atoms with Gasteiger partial charge in [0.15, 0.2) is 0 Å². The Balaban J connectivity index is 1.89. The molecule has 0 saturated carbocycles. The number of nitrogens with zero attached hydrogens (tertiary/aromatic N) is 2. The summed E-state index contributed by atoms with van der Waals surface area (Å²) >= 11 is 0. The van der Waals surface area contributed by atoms with E-state index < -0.39 is 0 Å². The lowest BCUT2D eigenvalue weighted by Gasteiger charge is -2.15. The van der Waals surface area contributed by atoms with E-state index in [-0.39, 0.29) is 17.9 Å². The number of methoxy groups -OCH3 is 1. The van der Waals surface area contributed by atoms with Crippen LogP contribution in [0.5, 0.6) is 0 Å². The number of rotatable bonds is 7. The average molecular weight is 296 g/mol. The normalized spacial score (nSPS) is 22.0. The molecule has 2 rings (SSSR count). The number of likely N-dealkylation sites (tertiary alicyclic amines) is 1. The summed E-state index contributed by atoms with van der Waals surface area (Å²) in [6.07, 6.45) is 1.22. The Hall–Kier alpha value is -1.40. The molecule has 1 amide bonds. The molecule has 0 spiro atoms. The average Bonchev–Trinajstić information content (AvgIpc) is 3.06. The first-order chi connectivity index (χ1) is 10.1. The van der Waals surface area contributed by atoms with Gasteiger partial charge in [0, 0.05) is 45.2 Å². The van der Waals surface area contributed by atoms with Crippen LogP contribution in [0.4, 0.5) is 0 Å². The number of ether oxygens (including phenoxy) is 2. The van der Waals surface area contributed by atoms with Crippen molar-refractivity contribution in [3.63, 3.8) is 0 Å². The van der Waals surface area contributed by atoms with Crippen LogP contribution in [0.1, 0.15) is 24.8 Å². The molecule has 6 heteroatoms. The second kappa shape index (κ2) is 7.56. The Morgan fingerprint density at radius 2 is 2.33 bits per heavy atom. The maximum Gasteiger partial charge on any atom is 0.224 e. The molecule has 118 valence electrons. The summed E-state index contributed by atoms with van der Waals surface area (Å²) in [4.78, 5) is 14.0. The first-order valence-corrected chi connectivity index (χ1v) is 7.44. The van der Waals surface area contributed by atoms with E-state index >= 15 is 0 Å². The highest BCUT2D eigenvalue weighted by Crippen LogP contribution is 2.24. The topological polar surface area (TPSA) is 64.8 Å². The molecule has 1 aromatic rings. The highest BCUT2D eigenvalue weighted by atomic mass is 16.5. The van der Waals surface area contributed by atoms with Crippen molar-refractivity contribution in [2.75, 3.05) is 33.4 Å². The van der Waals surface area contributed by atoms with Crippen molar-refractivity contribution < 1.29 is 18.8 Å². The van der Waals surface area contributed by atoms with Crippen molar-refractivity contribution in [1.82, 2.24) is 10.1 Å². The number of amides is 1. The van der Waals surface area contributed by atoms with Crippen LogP contribution in [-0.4, -0.2) is 55.5 Å². The minimum absolute atomic E-state index is 0.0476. The van der Waals surface area contributed by atoms with Gasteiger partial charge in [-0.05, 0) is 13.8 Å². The van der Waals surface area contributed by atoms with E-state index in [1.165, 1.54) is 0 Å². The molecule has 6 nitrogen and oxygen atoms in total. The van der Waals surface area contributed by atoms with Crippen LogP contribution in [0.2, 0.25) is 0 Å². The van der Waals surface area contributed by atoms with Crippen molar-refractivity contribution in [3.8, 4) is 0 Å². The van der Waals surface area contributed by atoms with Crippen LogP contribution in [0.25, 0.3) is 0 Å². The summed E-state index contributed by atoms with van der Waals surface area (Å²) in [5.74, 6) is 1.23. The Morgan fingerprint density at radius 3 is 2.95 bits per heavy atom. The predicted molar refractivity (Wildman–Crippen MR) is 76.9 cm³/mol. The van der Waals surface area contributed by atoms with Gasteiger partial charge in [0.2, 0.25) is 5.91 Å². The lowest BCUT2D eigenvalue weighted by Crippen LogP contribution is -2.30. The number of aromatic nitrogens is 1. The number of aryl methyl sites for hydroxylation is 1. The summed E-state index contributed by atoms with van der Waals surface area (Å²) < 4.78 is 16.0. The van der Waals surface area contributed by atoms with Gasteiger partial charge in [-0.2, -0.15) is 0 Å². The lowest BCUT2D eigenvalue weighted by molar-refractivity contribution is -0.131. The van der Waals surface area contributed by atoms with Gasteiger partial charge in [-0.25, -0.2) is 0 Å². The highest BCUT2D eigenvalue weighted by molar-refractivity contribution is 5.76. The van der Waals surface area contributed by atoms with Gasteiger partial charge in [-0.1, -0.05) is 5.16 Å². The van der Waals surface area contributed by atoms with Crippen LogP contribution in [0, 0.1) is 12.8 Å². The molecule has 0 N–H and O–H groups in total. The molecule has 1 aromatic heterocycles. The highest BCUT2D eigenvalue weighted by Gasteiger charge is 2.35. The number of hydrogen-bond acceptors (Lipinski definition) is 5. The van der Waals surface area contributed by atoms with Crippen LogP contribution < -0.4 is 0 Å². The third-order valence-electron chi connectivity index (χ3n) is 3.84. The van der Waals surface area contributed by atoms with E-state index in [1.807, 2.05) is 24.8 Å². The summed E-state index contributed by atoms with van der Waals surface area (Å²) in [5.41, 5.74) is 0.876. The van der Waals surface area contributed by atoms with Crippen LogP contribution in [0.15, 0.2) is 10.6 Å². The lowest BCUT2D eigenvalue weighted by atomic mass is 10.0. The van der Waals surface area contributed by atoms with Crippen molar-refractivity contribution >= 4 is 5.91 Å². The number of hydrogen-bond donors (Lipinski definition) is 0. The zero-order chi connectivity index (χ0) is 15.2. The molecule has 1 fully saturated rings. The van der Waals surface area contributed by atoms with E-state index in [9.17, 15) is 4.79 Å². The molecule has 0 aliphatic carbocycles. The summed E-state index contributed by atoms with van der Waals surface area (Å²) in [6.45, 7) is 6.29. The standard InChI is InChI=1S/C15H24N2O4/c1-4-20-6-5-15(18)17-9-12(14(10-17)19-3)8-13-7-11(2)16-21-13/h7,12,14H,4-6,8-10H2,1-3H3/t12-,14+/m1/s1. The number of carbonyl (C=O) groups excluding carboxylic acids is 1. The van der Waals surface area contributed by atoms with E-state index in [0.29, 0.717) is 32.7 Å². The summed E-state index contributed by atoms with van der Waals surface area (Å²) in [6, 6.07) is 1.94. The van der Waals surface area contributed by atoms with Crippen molar-refractivity contribution in [2.24, 2.45) is 5.92 Å². The van der Waals surface area contributed by atoms with E-state index in [1.54, 1.807) is 7.11 Å². The summed E-state index contributed by atoms with van der Waals surface area (Å²) in [7, 11) is 1.69. The molecule has 0 aromatic carbocycles. The molecule has 1 aliphatic rings. The largest absolute Gasteiger partial charge is 0.381 e. The second-order valence-electron chi connectivity index (χ2n) is 5.42. The van der Waals surface area contributed by atoms with Gasteiger partial charge in [0.1, 0.15) is 5.76 Å². The maximum absolute atomic E-state index is 12.1. The summed E-state index contributed by atoms with van der Waals surface area (Å²) in [5, 5.41) is 3.90. The minimum atomic E-state index is 0.0476. The molecule has 1 saturated heterocycles. The minimum Gasteiger partial charge on any atom is -0.381 e. The zero-order valence-corrected chi connectivity index (χ0v) is 13.0. The Bertz CT molecular complexity index is 460. The van der Waals surface area contributed by atoms with Gasteiger partial charge >= 0.3 is 0 Å². The molecule has 2 atom stereocenters. The van der Waals surface area contributed by atoms with Gasteiger partial charge in [0.05, 0.1) is 24.8 Å². The Morgan fingerprint density at radius 1 is 1.52 bits per heavy atom. The second-order valence-corrected chi connectivity index (χ2v) is 5.42. The van der Waals surface area contributed by atoms with E-state index in [0.717, 1.165) is 17.9 Å². The Labute approximate surface area is 125 Å². The fraction of sp³-hybridized carbons (Fsp3) is 0.733. The molecule has 1 aliphatic heterocycles. The third-order valence-corrected chi connectivity index (χ3v) is 3.84. The van der Waals surface area contributed by atoms with Crippen molar-refractivity contribution in [2.45, 2.75) is 32.8 Å². The molecule has 21 heavy (non-hydrogen) atoms. The van der Waals surface area contributed by atoms with Crippen LogP contribution in [-0.2, 0) is 20.7 Å². The maximum atomic E-state index is 12.1.